The summed E-state index contributed by atoms with van der Waals surface area (Å²) in [5, 5.41) is 0. The molecule has 2 aliphatic carbocycles. The van der Waals surface area contributed by atoms with Crippen molar-refractivity contribution in [1.29, 1.82) is 0 Å². The van der Waals surface area contributed by atoms with Crippen molar-refractivity contribution in [3.63, 3.8) is 0 Å². The predicted octanol–water partition coefficient (Wildman–Crippen LogP) is 4.16. The normalized spacial score (nSPS) is 50.2. The predicted molar refractivity (Wildman–Crippen MR) is 87.4 cm³/mol. The van der Waals surface area contributed by atoms with E-state index in [1.807, 2.05) is 0 Å². The summed E-state index contributed by atoms with van der Waals surface area (Å²) in [6.07, 6.45) is 8.43. The Hall–Kier alpha value is 1.42. The van der Waals surface area contributed by atoms with Crippen molar-refractivity contribution in [3.8, 4) is 0 Å². The summed E-state index contributed by atoms with van der Waals surface area (Å²) in [6.45, 7) is 2.32. The van der Waals surface area contributed by atoms with Crippen molar-refractivity contribution in [2.24, 2.45) is 23.5 Å². The number of hydrogen-bond acceptors (Lipinski definition) is 1. The van der Waals surface area contributed by atoms with Gasteiger partial charge in [0.2, 0.25) is 0 Å². The number of halogens is 2. The lowest BCUT2D eigenvalue weighted by Crippen LogP contribution is -2.39. The van der Waals surface area contributed by atoms with E-state index >= 15 is 0 Å². The maximum atomic E-state index is 6.23. The minimum atomic E-state index is 0.476. The molecule has 6 unspecified atom stereocenters. The molecule has 0 radical (unpaired) electrons. The molecule has 3 heteroatoms. The van der Waals surface area contributed by atoms with E-state index in [4.69, 9.17) is 5.73 Å². The molecule has 0 aromatic heterocycles. The molecule has 2 rings (SSSR count). The van der Waals surface area contributed by atoms with Crippen LogP contribution in [0.4, 0.5) is 0 Å². The first-order chi connectivity index (χ1) is 7.58. The molecule has 0 amide bonds. The molecule has 94 valence electrons. The van der Waals surface area contributed by atoms with E-state index < -0.39 is 0 Å². The molecular formula is C13H23I2N. The van der Waals surface area contributed by atoms with Gasteiger partial charge in [-0.25, -0.2) is 0 Å². The fourth-order valence-electron chi connectivity index (χ4n) is 3.36. The van der Waals surface area contributed by atoms with Gasteiger partial charge in [0.1, 0.15) is 0 Å². The summed E-state index contributed by atoms with van der Waals surface area (Å²) >= 11 is 5.30. The molecule has 0 aliphatic heterocycles. The second-order valence-corrected chi connectivity index (χ2v) is 9.02. The molecule has 1 nitrogen and oxygen atoms in total. The zero-order valence-electron chi connectivity index (χ0n) is 10.0. The Morgan fingerprint density at radius 3 is 2.12 bits per heavy atom. The Labute approximate surface area is 127 Å². The fourth-order valence-corrected chi connectivity index (χ4v) is 5.02. The number of hydrogen-bond donors (Lipinski definition) is 1. The molecule has 0 bridgehead atoms. The van der Waals surface area contributed by atoms with Crippen LogP contribution in [0.25, 0.3) is 0 Å². The van der Waals surface area contributed by atoms with E-state index in [9.17, 15) is 0 Å². The van der Waals surface area contributed by atoms with Gasteiger partial charge >= 0.3 is 0 Å². The highest BCUT2D eigenvalue weighted by atomic mass is 127. The van der Waals surface area contributed by atoms with Crippen molar-refractivity contribution < 1.29 is 0 Å². The molecule has 0 heterocycles. The molecule has 2 saturated carbocycles. The summed E-state index contributed by atoms with van der Waals surface area (Å²) in [4.78, 5) is 0. The summed E-state index contributed by atoms with van der Waals surface area (Å²) in [7, 11) is 0. The van der Waals surface area contributed by atoms with Crippen LogP contribution in [0.1, 0.15) is 45.4 Å². The lowest BCUT2D eigenvalue weighted by molar-refractivity contribution is 0.162. The van der Waals surface area contributed by atoms with E-state index in [-0.39, 0.29) is 0 Å². The lowest BCUT2D eigenvalue weighted by atomic mass is 9.70. The Morgan fingerprint density at radius 2 is 1.50 bits per heavy atom. The highest BCUT2D eigenvalue weighted by molar-refractivity contribution is 14.1. The van der Waals surface area contributed by atoms with Crippen LogP contribution in [-0.2, 0) is 0 Å². The Kier molecular flexibility index (Phi) is 5.23. The monoisotopic (exact) mass is 447 g/mol. The van der Waals surface area contributed by atoms with Gasteiger partial charge in [-0.15, -0.1) is 0 Å². The minimum Gasteiger partial charge on any atom is -0.327 e. The Morgan fingerprint density at radius 1 is 0.875 bits per heavy atom. The molecule has 0 saturated heterocycles. The van der Waals surface area contributed by atoms with Crippen LogP contribution in [0, 0.1) is 17.8 Å². The average molecular weight is 447 g/mol. The second-order valence-electron chi connectivity index (χ2n) is 5.82. The third-order valence-electron chi connectivity index (χ3n) is 4.70. The van der Waals surface area contributed by atoms with Gasteiger partial charge in [-0.2, -0.15) is 0 Å². The third kappa shape index (κ3) is 3.25. The lowest BCUT2D eigenvalue weighted by Gasteiger charge is -2.40. The van der Waals surface area contributed by atoms with E-state index in [0.717, 1.165) is 25.6 Å². The summed E-state index contributed by atoms with van der Waals surface area (Å²) in [5.74, 6) is 2.67. The van der Waals surface area contributed by atoms with E-state index in [2.05, 4.69) is 52.1 Å². The zero-order chi connectivity index (χ0) is 11.7. The second kappa shape index (κ2) is 6.04. The Balaban J connectivity index is 1.88. The molecule has 0 spiro atoms. The summed E-state index contributed by atoms with van der Waals surface area (Å²) in [5.41, 5.74) is 6.23. The summed E-state index contributed by atoms with van der Waals surface area (Å²) < 4.78 is 1.80. The van der Waals surface area contributed by atoms with Gasteiger partial charge in [0.05, 0.1) is 0 Å². The van der Waals surface area contributed by atoms with Crippen molar-refractivity contribution in [1.82, 2.24) is 0 Å². The molecule has 16 heavy (non-hydrogen) atoms. The standard InChI is InChI=1S/C13H23I2N/c1-8-2-3-10(7-13(8)16)9-4-5-11(14)12(15)6-9/h8-13H,2-7,16H2,1H3. The van der Waals surface area contributed by atoms with Crippen LogP contribution in [0.15, 0.2) is 0 Å². The van der Waals surface area contributed by atoms with Crippen LogP contribution in [-0.4, -0.2) is 13.9 Å². The molecule has 2 N–H and O–H groups in total. The maximum Gasteiger partial charge on any atom is 0.0230 e. The number of nitrogens with two attached hydrogens (primary N) is 1. The van der Waals surface area contributed by atoms with Crippen LogP contribution in [0.3, 0.4) is 0 Å². The molecule has 0 aromatic rings. The van der Waals surface area contributed by atoms with Crippen LogP contribution < -0.4 is 5.73 Å². The topological polar surface area (TPSA) is 26.0 Å². The van der Waals surface area contributed by atoms with Gasteiger partial charge in [-0.3, -0.25) is 0 Å². The van der Waals surface area contributed by atoms with Crippen molar-refractivity contribution in [2.75, 3.05) is 0 Å². The molecule has 2 aliphatic rings. The average Bonchev–Trinajstić information content (AvgIpc) is 2.26. The zero-order valence-corrected chi connectivity index (χ0v) is 14.4. The van der Waals surface area contributed by atoms with E-state index in [1.54, 1.807) is 0 Å². The summed E-state index contributed by atoms with van der Waals surface area (Å²) in [6, 6.07) is 0.476. The van der Waals surface area contributed by atoms with Crippen LogP contribution in [0.2, 0.25) is 0 Å². The number of rotatable bonds is 1. The molecule has 6 atom stereocenters. The van der Waals surface area contributed by atoms with Crippen LogP contribution in [0.5, 0.6) is 0 Å². The van der Waals surface area contributed by atoms with Gasteiger partial charge < -0.3 is 5.73 Å². The van der Waals surface area contributed by atoms with E-state index in [0.29, 0.717) is 6.04 Å². The van der Waals surface area contributed by atoms with Crippen molar-refractivity contribution in [2.45, 2.75) is 59.3 Å². The largest absolute Gasteiger partial charge is 0.327 e. The molecular weight excluding hydrogens is 424 g/mol. The quantitative estimate of drug-likeness (QED) is 0.475. The Bertz CT molecular complexity index is 210. The van der Waals surface area contributed by atoms with Gasteiger partial charge in [0.15, 0.2) is 0 Å². The highest BCUT2D eigenvalue weighted by Crippen LogP contribution is 2.42. The van der Waals surface area contributed by atoms with Crippen LogP contribution >= 0.6 is 45.2 Å². The first-order valence-electron chi connectivity index (χ1n) is 6.61. The van der Waals surface area contributed by atoms with Gasteiger partial charge in [0.25, 0.3) is 0 Å². The van der Waals surface area contributed by atoms with Gasteiger partial charge in [0, 0.05) is 13.9 Å². The first-order valence-corrected chi connectivity index (χ1v) is 9.10. The molecule has 0 aromatic carbocycles. The first kappa shape index (κ1) is 13.8. The van der Waals surface area contributed by atoms with Gasteiger partial charge in [-0.1, -0.05) is 52.1 Å². The van der Waals surface area contributed by atoms with E-state index in [1.165, 1.54) is 38.5 Å². The number of alkyl halides is 2. The minimum absolute atomic E-state index is 0.476. The van der Waals surface area contributed by atoms with Crippen molar-refractivity contribution >= 4 is 45.2 Å². The maximum absolute atomic E-state index is 6.23. The highest BCUT2D eigenvalue weighted by Gasteiger charge is 2.35. The third-order valence-corrected chi connectivity index (χ3v) is 8.94. The SMILES string of the molecule is CC1CCC(C2CCC(I)C(I)C2)CC1N. The molecule has 2 fully saturated rings. The van der Waals surface area contributed by atoms with Crippen molar-refractivity contribution in [3.05, 3.63) is 0 Å². The fraction of sp³-hybridized carbons (Fsp3) is 1.00. The smallest absolute Gasteiger partial charge is 0.0230 e. The van der Waals surface area contributed by atoms with Gasteiger partial charge in [-0.05, 0) is 56.3 Å².